The van der Waals surface area contributed by atoms with E-state index in [0.717, 1.165) is 24.0 Å². The molecule has 0 aromatic heterocycles. The first kappa shape index (κ1) is 29.4. The Kier molecular flexibility index (Phi) is 13.2. The molecular formula is C30H44O4. The Balaban J connectivity index is 0.000000340. The summed E-state index contributed by atoms with van der Waals surface area (Å²) in [4.78, 5) is 23.2. The van der Waals surface area contributed by atoms with E-state index < -0.39 is 0 Å². The quantitative estimate of drug-likeness (QED) is 0.349. The van der Waals surface area contributed by atoms with E-state index in [2.05, 4.69) is 52.0 Å². The summed E-state index contributed by atoms with van der Waals surface area (Å²) in [7, 11) is 0. The topological polar surface area (TPSA) is 52.6 Å². The molecule has 0 saturated heterocycles. The smallest absolute Gasteiger partial charge is 0.313 e. The van der Waals surface area contributed by atoms with Gasteiger partial charge in [-0.25, -0.2) is 0 Å². The zero-order chi connectivity index (χ0) is 25.7. The van der Waals surface area contributed by atoms with Gasteiger partial charge in [-0.3, -0.25) is 9.59 Å². The summed E-state index contributed by atoms with van der Waals surface area (Å²) in [6, 6.07) is 16.5. The van der Waals surface area contributed by atoms with Crippen LogP contribution in [0.3, 0.4) is 0 Å². The van der Waals surface area contributed by atoms with Crippen LogP contribution in [0.5, 0.6) is 0 Å². The standard InChI is InChI=1S/2C15H22O2/c2*1-5-17-15(16)12(4)14-8-6-13(7-9-14)10-11(2)3/h2*6-9,11-12H,5,10H2,1-4H3. The average Bonchev–Trinajstić information content (AvgIpc) is 2.79. The highest BCUT2D eigenvalue weighted by Gasteiger charge is 2.16. The number of esters is 2. The van der Waals surface area contributed by atoms with Crippen molar-refractivity contribution in [1.29, 1.82) is 0 Å². The Bertz CT molecular complexity index is 777. The molecule has 34 heavy (non-hydrogen) atoms. The molecular weight excluding hydrogens is 424 g/mol. The highest BCUT2D eigenvalue weighted by atomic mass is 16.5. The fourth-order valence-corrected chi connectivity index (χ4v) is 3.63. The van der Waals surface area contributed by atoms with E-state index in [1.807, 2.05) is 52.0 Å². The Hall–Kier alpha value is -2.62. The molecule has 0 heterocycles. The van der Waals surface area contributed by atoms with Crippen LogP contribution in [0.15, 0.2) is 48.5 Å². The third kappa shape index (κ3) is 10.5. The second-order valence-corrected chi connectivity index (χ2v) is 9.63. The molecule has 2 rings (SSSR count). The summed E-state index contributed by atoms with van der Waals surface area (Å²) in [5.74, 6) is 0.658. The second kappa shape index (κ2) is 15.3. The molecule has 0 aliphatic rings. The van der Waals surface area contributed by atoms with Gasteiger partial charge in [0.25, 0.3) is 0 Å². The minimum Gasteiger partial charge on any atom is -0.466 e. The lowest BCUT2D eigenvalue weighted by Crippen LogP contribution is -2.12. The number of ether oxygens (including phenoxy) is 2. The van der Waals surface area contributed by atoms with Gasteiger partial charge in [0.2, 0.25) is 0 Å². The first-order valence-electron chi connectivity index (χ1n) is 12.6. The fourth-order valence-electron chi connectivity index (χ4n) is 3.63. The molecule has 2 unspecified atom stereocenters. The molecule has 188 valence electrons. The van der Waals surface area contributed by atoms with Crippen molar-refractivity contribution in [3.63, 3.8) is 0 Å². The Morgan fingerprint density at radius 1 is 0.588 bits per heavy atom. The maximum Gasteiger partial charge on any atom is 0.313 e. The largest absolute Gasteiger partial charge is 0.466 e. The first-order valence-corrected chi connectivity index (χ1v) is 12.6. The summed E-state index contributed by atoms with van der Waals surface area (Å²) < 4.78 is 10.0. The molecule has 0 amide bonds. The molecule has 0 fully saturated rings. The molecule has 4 heteroatoms. The van der Waals surface area contributed by atoms with Gasteiger partial charge < -0.3 is 9.47 Å². The summed E-state index contributed by atoms with van der Waals surface area (Å²) in [6.07, 6.45) is 2.15. The van der Waals surface area contributed by atoms with Crippen LogP contribution in [-0.2, 0) is 31.9 Å². The predicted octanol–water partition coefficient (Wildman–Crippen LogP) is 7.10. The van der Waals surface area contributed by atoms with Gasteiger partial charge in [-0.05, 0) is 74.6 Å². The van der Waals surface area contributed by atoms with Crippen molar-refractivity contribution in [3.05, 3.63) is 70.8 Å². The number of carbonyl (C=O) groups is 2. The van der Waals surface area contributed by atoms with E-state index in [0.29, 0.717) is 25.0 Å². The Morgan fingerprint density at radius 2 is 0.882 bits per heavy atom. The Labute approximate surface area is 207 Å². The van der Waals surface area contributed by atoms with Crippen molar-refractivity contribution in [2.24, 2.45) is 11.8 Å². The van der Waals surface area contributed by atoms with Crippen molar-refractivity contribution >= 4 is 11.9 Å². The average molecular weight is 469 g/mol. The number of rotatable bonds is 10. The lowest BCUT2D eigenvalue weighted by atomic mass is 9.97. The normalized spacial score (nSPS) is 12.5. The van der Waals surface area contributed by atoms with E-state index >= 15 is 0 Å². The van der Waals surface area contributed by atoms with Crippen molar-refractivity contribution in [1.82, 2.24) is 0 Å². The number of carbonyl (C=O) groups excluding carboxylic acids is 2. The van der Waals surface area contributed by atoms with Gasteiger partial charge in [-0.1, -0.05) is 76.2 Å². The third-order valence-electron chi connectivity index (χ3n) is 5.53. The highest BCUT2D eigenvalue weighted by Crippen LogP contribution is 2.20. The lowest BCUT2D eigenvalue weighted by Gasteiger charge is -2.12. The van der Waals surface area contributed by atoms with Crippen LogP contribution in [0.4, 0.5) is 0 Å². The number of hydrogen-bond acceptors (Lipinski definition) is 4. The second-order valence-electron chi connectivity index (χ2n) is 9.63. The van der Waals surface area contributed by atoms with Crippen LogP contribution < -0.4 is 0 Å². The SMILES string of the molecule is CCOC(=O)C(C)c1ccc(CC(C)C)cc1.CCOC(=O)C(C)c1ccc(CC(C)C)cc1. The highest BCUT2D eigenvalue weighted by molar-refractivity contribution is 5.78. The van der Waals surface area contributed by atoms with Gasteiger partial charge in [0.15, 0.2) is 0 Å². The molecule has 0 saturated carbocycles. The van der Waals surface area contributed by atoms with Crippen molar-refractivity contribution in [3.8, 4) is 0 Å². The van der Waals surface area contributed by atoms with Gasteiger partial charge in [0, 0.05) is 0 Å². The summed E-state index contributed by atoms with van der Waals surface area (Å²) in [5, 5.41) is 0. The maximum absolute atomic E-state index is 11.6. The monoisotopic (exact) mass is 468 g/mol. The minimum atomic E-state index is -0.178. The van der Waals surface area contributed by atoms with E-state index in [1.165, 1.54) is 11.1 Å². The molecule has 0 radical (unpaired) electrons. The van der Waals surface area contributed by atoms with Gasteiger partial charge in [0.1, 0.15) is 0 Å². The molecule has 0 bridgehead atoms. The molecule has 2 aromatic rings. The van der Waals surface area contributed by atoms with Gasteiger partial charge in [-0.15, -0.1) is 0 Å². The van der Waals surface area contributed by atoms with Crippen LogP contribution in [0.1, 0.15) is 89.5 Å². The Morgan fingerprint density at radius 3 is 1.12 bits per heavy atom. The van der Waals surface area contributed by atoms with Crippen LogP contribution >= 0.6 is 0 Å². The third-order valence-corrected chi connectivity index (χ3v) is 5.53. The molecule has 2 aromatic carbocycles. The van der Waals surface area contributed by atoms with E-state index in [1.54, 1.807) is 0 Å². The van der Waals surface area contributed by atoms with Crippen LogP contribution in [0, 0.1) is 11.8 Å². The van der Waals surface area contributed by atoms with E-state index in [-0.39, 0.29) is 23.8 Å². The summed E-state index contributed by atoms with van der Waals surface area (Å²) in [6.45, 7) is 17.1. The van der Waals surface area contributed by atoms with Gasteiger partial charge in [-0.2, -0.15) is 0 Å². The molecule has 2 atom stereocenters. The lowest BCUT2D eigenvalue weighted by molar-refractivity contribution is -0.145. The maximum atomic E-state index is 11.6. The molecule has 0 spiro atoms. The van der Waals surface area contributed by atoms with Crippen LogP contribution in [-0.4, -0.2) is 25.2 Å². The molecule has 4 nitrogen and oxygen atoms in total. The van der Waals surface area contributed by atoms with Gasteiger partial charge >= 0.3 is 11.9 Å². The fraction of sp³-hybridized carbons (Fsp3) is 0.533. The van der Waals surface area contributed by atoms with Crippen LogP contribution in [0.25, 0.3) is 0 Å². The zero-order valence-corrected chi connectivity index (χ0v) is 22.4. The van der Waals surface area contributed by atoms with Gasteiger partial charge in [0.05, 0.1) is 25.0 Å². The van der Waals surface area contributed by atoms with Crippen molar-refractivity contribution in [2.45, 2.75) is 80.1 Å². The van der Waals surface area contributed by atoms with E-state index in [4.69, 9.17) is 9.47 Å². The summed E-state index contributed by atoms with van der Waals surface area (Å²) in [5.41, 5.74) is 4.69. The molecule has 0 aliphatic carbocycles. The molecule has 0 N–H and O–H groups in total. The zero-order valence-electron chi connectivity index (χ0n) is 22.4. The molecule has 0 aliphatic heterocycles. The number of hydrogen-bond donors (Lipinski definition) is 0. The van der Waals surface area contributed by atoms with E-state index in [9.17, 15) is 9.59 Å². The van der Waals surface area contributed by atoms with Crippen molar-refractivity contribution in [2.75, 3.05) is 13.2 Å². The van der Waals surface area contributed by atoms with Crippen molar-refractivity contribution < 1.29 is 19.1 Å². The minimum absolute atomic E-state index is 0.149. The van der Waals surface area contributed by atoms with Crippen LogP contribution in [0.2, 0.25) is 0 Å². The summed E-state index contributed by atoms with van der Waals surface area (Å²) >= 11 is 0. The first-order chi connectivity index (χ1) is 16.1. The number of benzene rings is 2. The predicted molar refractivity (Wildman–Crippen MR) is 140 cm³/mol.